The first-order valence-corrected chi connectivity index (χ1v) is 10.9. The van der Waals surface area contributed by atoms with Crippen LogP contribution in [0.5, 0.6) is 5.75 Å². The Morgan fingerprint density at radius 1 is 0.647 bits per heavy atom. The molecule has 0 atom stereocenters. The number of rotatable bonds is 1. The average Bonchev–Trinajstić information content (AvgIpc) is 2.88. The van der Waals surface area contributed by atoms with Crippen molar-refractivity contribution in [2.45, 2.75) is 71.6 Å². The standard InChI is InChI=1S/C29H34O.3CH3.Ti/c1-27(2,3)19-16-22(26(30)25(17-19)28(4,5)6)18-13-14-21-20-11-9-10-12-23(20)29(7,8)24(21)15-18;;;;/h9-17,30H,1-8H3;3*1H3;/q;3*-1;+3. The molecule has 0 unspecified atom stereocenters. The largest absolute Gasteiger partial charge is 3.00 e. The molecule has 181 valence electrons. The van der Waals surface area contributed by atoms with Gasteiger partial charge in [-0.25, -0.2) is 0 Å². The van der Waals surface area contributed by atoms with Crippen molar-refractivity contribution in [3.8, 4) is 28.0 Å². The van der Waals surface area contributed by atoms with Crippen molar-refractivity contribution in [2.24, 2.45) is 0 Å². The SMILES string of the molecule is CC(C)(C)c1cc(-c2ccc3c(c2)C(C)(C)c2ccccc2-3)c(O)c(C(C)(C)C)c1.[CH3-].[CH3-].[CH3-].[Ti+3]. The van der Waals surface area contributed by atoms with Gasteiger partial charge in [0.1, 0.15) is 5.75 Å². The van der Waals surface area contributed by atoms with Gasteiger partial charge in [-0.1, -0.05) is 97.9 Å². The maximum Gasteiger partial charge on any atom is 3.00 e. The fourth-order valence-electron chi connectivity index (χ4n) is 4.73. The monoisotopic (exact) mass is 491 g/mol. The Morgan fingerprint density at radius 2 is 1.21 bits per heavy atom. The van der Waals surface area contributed by atoms with Crippen LogP contribution in [0, 0.1) is 22.3 Å². The van der Waals surface area contributed by atoms with Crippen molar-refractivity contribution in [3.63, 3.8) is 0 Å². The van der Waals surface area contributed by atoms with E-state index in [0.717, 1.165) is 16.7 Å². The summed E-state index contributed by atoms with van der Waals surface area (Å²) in [6.45, 7) is 17.8. The summed E-state index contributed by atoms with van der Waals surface area (Å²) in [5, 5.41) is 11.3. The zero-order valence-corrected chi connectivity index (χ0v) is 24.7. The summed E-state index contributed by atoms with van der Waals surface area (Å²) < 4.78 is 0. The van der Waals surface area contributed by atoms with Crippen LogP contribution in [0.3, 0.4) is 0 Å². The summed E-state index contributed by atoms with van der Waals surface area (Å²) in [5.41, 5.74) is 9.45. The minimum atomic E-state index is -0.133. The van der Waals surface area contributed by atoms with E-state index >= 15 is 0 Å². The summed E-state index contributed by atoms with van der Waals surface area (Å²) >= 11 is 0. The molecule has 0 fully saturated rings. The molecule has 1 aliphatic rings. The number of aromatic hydroxyl groups is 1. The molecular weight excluding hydrogens is 448 g/mol. The summed E-state index contributed by atoms with van der Waals surface area (Å²) in [6.07, 6.45) is 0. The molecule has 0 bridgehead atoms. The van der Waals surface area contributed by atoms with E-state index in [4.69, 9.17) is 0 Å². The Kier molecular flexibility index (Phi) is 9.87. The third-order valence-corrected chi connectivity index (χ3v) is 6.68. The third kappa shape index (κ3) is 5.22. The molecule has 1 nitrogen and oxygen atoms in total. The van der Waals surface area contributed by atoms with Gasteiger partial charge in [0.2, 0.25) is 0 Å². The molecule has 3 aromatic rings. The molecule has 4 rings (SSSR count). The van der Waals surface area contributed by atoms with Gasteiger partial charge in [0.05, 0.1) is 0 Å². The van der Waals surface area contributed by atoms with Crippen LogP contribution >= 0.6 is 0 Å². The van der Waals surface area contributed by atoms with Crippen LogP contribution in [0.4, 0.5) is 0 Å². The molecule has 1 N–H and O–H groups in total. The summed E-state index contributed by atoms with van der Waals surface area (Å²) in [5.74, 6) is 0.406. The zero-order valence-electron chi connectivity index (χ0n) is 23.1. The quantitative estimate of drug-likeness (QED) is 0.266. The Labute approximate surface area is 224 Å². The minimum absolute atomic E-state index is 0. The average molecular weight is 492 g/mol. The number of benzene rings is 3. The minimum Gasteiger partial charge on any atom is -0.507 e. The topological polar surface area (TPSA) is 20.2 Å². The number of phenols is 1. The predicted octanol–water partition coefficient (Wildman–Crippen LogP) is 9.31. The van der Waals surface area contributed by atoms with Crippen molar-refractivity contribution in [1.82, 2.24) is 0 Å². The van der Waals surface area contributed by atoms with Crippen molar-refractivity contribution in [3.05, 3.63) is 99.1 Å². The van der Waals surface area contributed by atoms with Gasteiger partial charge in [0, 0.05) is 16.5 Å². The number of hydrogen-bond acceptors (Lipinski definition) is 1. The van der Waals surface area contributed by atoms with Gasteiger partial charge in [-0.15, -0.1) is 0 Å². The van der Waals surface area contributed by atoms with Crippen molar-refractivity contribution < 1.29 is 26.8 Å². The fraction of sp³-hybridized carbons (Fsp3) is 0.344. The normalized spacial score (nSPS) is 13.3. The predicted molar refractivity (Wildman–Crippen MR) is 148 cm³/mol. The van der Waals surface area contributed by atoms with E-state index in [1.165, 1.54) is 27.8 Å². The molecule has 0 saturated carbocycles. The van der Waals surface area contributed by atoms with E-state index in [0.29, 0.717) is 5.75 Å². The van der Waals surface area contributed by atoms with Gasteiger partial charge in [-0.3, -0.25) is 0 Å². The second-order valence-corrected chi connectivity index (χ2v) is 11.4. The molecule has 1 aliphatic carbocycles. The second kappa shape index (κ2) is 10.4. The van der Waals surface area contributed by atoms with E-state index in [1.54, 1.807) is 0 Å². The molecule has 0 heterocycles. The van der Waals surface area contributed by atoms with E-state index in [-0.39, 0.29) is 60.2 Å². The zero-order chi connectivity index (χ0) is 22.1. The Hall–Kier alpha value is -1.83. The van der Waals surface area contributed by atoms with E-state index in [9.17, 15) is 5.11 Å². The maximum absolute atomic E-state index is 11.3. The van der Waals surface area contributed by atoms with Crippen LogP contribution in [0.2, 0.25) is 0 Å². The van der Waals surface area contributed by atoms with Gasteiger partial charge in [0.15, 0.2) is 0 Å². The Balaban J connectivity index is 0.00000272. The molecule has 0 saturated heterocycles. The van der Waals surface area contributed by atoms with E-state index in [2.05, 4.69) is 110 Å². The molecule has 0 amide bonds. The van der Waals surface area contributed by atoms with Gasteiger partial charge < -0.3 is 27.4 Å². The first kappa shape index (κ1) is 32.2. The molecule has 3 aromatic carbocycles. The Morgan fingerprint density at radius 3 is 1.76 bits per heavy atom. The molecule has 0 aliphatic heterocycles. The smallest absolute Gasteiger partial charge is 0.507 e. The molecule has 1 radical (unpaired) electrons. The summed E-state index contributed by atoms with van der Waals surface area (Å²) in [6, 6.07) is 19.8. The van der Waals surface area contributed by atoms with Gasteiger partial charge in [-0.05, 0) is 56.3 Å². The molecule has 2 heteroatoms. The van der Waals surface area contributed by atoms with Crippen LogP contribution < -0.4 is 0 Å². The van der Waals surface area contributed by atoms with Gasteiger partial charge in [0.25, 0.3) is 0 Å². The summed E-state index contributed by atoms with van der Waals surface area (Å²) in [7, 11) is 0. The molecule has 0 aromatic heterocycles. The van der Waals surface area contributed by atoms with Crippen molar-refractivity contribution in [2.75, 3.05) is 0 Å². The van der Waals surface area contributed by atoms with Crippen LogP contribution in [0.1, 0.15) is 77.6 Å². The maximum atomic E-state index is 11.3. The number of hydrogen-bond donors (Lipinski definition) is 1. The van der Waals surface area contributed by atoms with Crippen LogP contribution in [0.25, 0.3) is 22.3 Å². The number of phenolic OH excluding ortho intramolecular Hbond substituents is 1. The third-order valence-electron chi connectivity index (χ3n) is 6.68. The molecular formula is C32H43OTi. The first-order chi connectivity index (χ1) is 13.8. The fourth-order valence-corrected chi connectivity index (χ4v) is 4.73. The van der Waals surface area contributed by atoms with E-state index in [1.807, 2.05) is 0 Å². The number of fused-ring (bicyclic) bond motifs is 3. The molecule has 34 heavy (non-hydrogen) atoms. The van der Waals surface area contributed by atoms with Gasteiger partial charge in [-0.2, -0.15) is 0 Å². The van der Waals surface area contributed by atoms with Crippen LogP contribution in [-0.4, -0.2) is 5.11 Å². The van der Waals surface area contributed by atoms with Crippen LogP contribution in [0.15, 0.2) is 54.6 Å². The van der Waals surface area contributed by atoms with E-state index < -0.39 is 0 Å². The van der Waals surface area contributed by atoms with Crippen LogP contribution in [-0.2, 0) is 38.0 Å². The van der Waals surface area contributed by atoms with Crippen molar-refractivity contribution >= 4 is 0 Å². The van der Waals surface area contributed by atoms with Crippen molar-refractivity contribution in [1.29, 1.82) is 0 Å². The second-order valence-electron chi connectivity index (χ2n) is 11.4. The Bertz CT molecular complexity index is 1140. The molecule has 0 spiro atoms. The first-order valence-electron chi connectivity index (χ1n) is 10.9. The van der Waals surface area contributed by atoms with Gasteiger partial charge >= 0.3 is 21.7 Å². The summed E-state index contributed by atoms with van der Waals surface area (Å²) in [4.78, 5) is 0.